The first-order chi connectivity index (χ1) is 23.2. The number of hydrogen-bond acceptors (Lipinski definition) is 13. The van der Waals surface area contributed by atoms with Gasteiger partial charge < -0.3 is 57.6 Å². The Morgan fingerprint density at radius 2 is 0.745 bits per heavy atom. The molecule has 0 radical (unpaired) electrons. The molecule has 1 atom stereocenters. The van der Waals surface area contributed by atoms with Gasteiger partial charge in [0.1, 0.15) is 12.7 Å². The van der Waals surface area contributed by atoms with E-state index in [9.17, 15) is 4.79 Å². The number of rotatable bonds is 41. The molecule has 0 aliphatic heterocycles. The lowest BCUT2D eigenvalue weighted by molar-refractivity contribution is -0.148. The molecule has 2 N–H and O–H groups in total. The van der Waals surface area contributed by atoms with Crippen LogP contribution in [-0.4, -0.2) is 154 Å². The van der Waals surface area contributed by atoms with Crippen LogP contribution in [0.15, 0.2) is 0 Å². The molecule has 0 amide bonds. The van der Waals surface area contributed by atoms with Gasteiger partial charge in [-0.15, -0.1) is 0 Å². The van der Waals surface area contributed by atoms with E-state index in [-0.39, 0.29) is 19.6 Å². The quantitative estimate of drug-likeness (QED) is 0.0717. The Balaban J connectivity index is 3.09. The van der Waals surface area contributed by atoms with E-state index in [1.807, 2.05) is 0 Å². The van der Waals surface area contributed by atoms with Gasteiger partial charge in [0.05, 0.1) is 125 Å². The van der Waals surface area contributed by atoms with Gasteiger partial charge in [-0.05, 0) is 6.42 Å². The highest BCUT2D eigenvalue weighted by Crippen LogP contribution is 2.10. The van der Waals surface area contributed by atoms with Crippen molar-refractivity contribution in [2.24, 2.45) is 0 Å². The van der Waals surface area contributed by atoms with Gasteiger partial charge in [-0.2, -0.15) is 0 Å². The van der Waals surface area contributed by atoms with Crippen LogP contribution >= 0.6 is 0 Å². The summed E-state index contributed by atoms with van der Waals surface area (Å²) in [5, 5.41) is 17.8. The monoisotopic (exact) mass is 684 g/mol. The molecule has 0 heterocycles. The van der Waals surface area contributed by atoms with Crippen molar-refractivity contribution >= 4 is 5.97 Å². The number of carbonyl (C=O) groups is 1. The fraction of sp³-hybridized carbons (Fsp3) is 0.971. The largest absolute Gasteiger partial charge is 0.463 e. The topological polar surface area (TPSA) is 150 Å². The average Bonchev–Trinajstić information content (AvgIpc) is 3.08. The van der Waals surface area contributed by atoms with E-state index in [1.54, 1.807) is 0 Å². The van der Waals surface area contributed by atoms with Crippen molar-refractivity contribution in [3.05, 3.63) is 0 Å². The zero-order valence-electron chi connectivity index (χ0n) is 29.4. The normalized spacial score (nSPS) is 12.1. The molecule has 0 aromatic rings. The Hall–Kier alpha value is -0.970. The molecule has 0 aliphatic carbocycles. The van der Waals surface area contributed by atoms with Crippen LogP contribution in [0.4, 0.5) is 0 Å². The number of hydrogen-bond donors (Lipinski definition) is 2. The van der Waals surface area contributed by atoms with Crippen LogP contribution in [-0.2, 0) is 52.2 Å². The van der Waals surface area contributed by atoms with Gasteiger partial charge in [0.15, 0.2) is 0 Å². The summed E-state index contributed by atoms with van der Waals surface area (Å²) in [4.78, 5) is 11.4. The third kappa shape index (κ3) is 41.1. The molecule has 0 aromatic heterocycles. The molecule has 13 heteroatoms. The minimum Gasteiger partial charge on any atom is -0.463 e. The summed E-state index contributed by atoms with van der Waals surface area (Å²) >= 11 is 0. The molecule has 47 heavy (non-hydrogen) atoms. The first kappa shape index (κ1) is 46.0. The lowest BCUT2D eigenvalue weighted by Crippen LogP contribution is -2.22. The predicted octanol–water partition coefficient (Wildman–Crippen LogP) is 3.34. The van der Waals surface area contributed by atoms with Crippen molar-refractivity contribution in [2.45, 2.75) is 83.7 Å². The van der Waals surface area contributed by atoms with Gasteiger partial charge in [-0.3, -0.25) is 4.79 Å². The molecule has 0 rings (SSSR count). The molecule has 0 fully saturated rings. The van der Waals surface area contributed by atoms with Crippen molar-refractivity contribution in [3.8, 4) is 0 Å². The molecule has 0 spiro atoms. The number of ether oxygens (including phenoxy) is 10. The van der Waals surface area contributed by atoms with Crippen LogP contribution < -0.4 is 0 Å². The lowest BCUT2D eigenvalue weighted by Gasteiger charge is -2.09. The fourth-order valence-corrected chi connectivity index (χ4v) is 4.02. The van der Waals surface area contributed by atoms with Gasteiger partial charge in [-0.1, -0.05) is 64.7 Å². The molecule has 13 nitrogen and oxygen atoms in total. The number of aliphatic hydroxyl groups excluding tert-OH is 2. The molecule has 0 saturated heterocycles. The second-order valence-electron chi connectivity index (χ2n) is 11.0. The SMILES string of the molecule is CCCCCCCCCCCCOCCOCCOCCOCCOCCOCCOCCOCCOCCC(=O)OCC(O)CO. The van der Waals surface area contributed by atoms with Gasteiger partial charge in [0.25, 0.3) is 0 Å². The second-order valence-corrected chi connectivity index (χ2v) is 11.0. The molecular formula is C34H68O13. The first-order valence-electron chi connectivity index (χ1n) is 17.8. The average molecular weight is 685 g/mol. The summed E-state index contributed by atoms with van der Waals surface area (Å²) in [6, 6.07) is 0. The molecule has 0 aliphatic rings. The highest BCUT2D eigenvalue weighted by atomic mass is 16.6. The predicted molar refractivity (Wildman–Crippen MR) is 178 cm³/mol. The Kier molecular flexibility index (Phi) is 40.4. The van der Waals surface area contributed by atoms with Crippen molar-refractivity contribution in [1.29, 1.82) is 0 Å². The van der Waals surface area contributed by atoms with E-state index >= 15 is 0 Å². The molecule has 282 valence electrons. The Morgan fingerprint density at radius 1 is 0.447 bits per heavy atom. The van der Waals surface area contributed by atoms with Gasteiger partial charge >= 0.3 is 5.97 Å². The van der Waals surface area contributed by atoms with Gasteiger partial charge in [-0.25, -0.2) is 0 Å². The maximum Gasteiger partial charge on any atom is 0.308 e. The van der Waals surface area contributed by atoms with Gasteiger partial charge in [0, 0.05) is 6.61 Å². The highest BCUT2D eigenvalue weighted by molar-refractivity contribution is 5.69. The fourth-order valence-electron chi connectivity index (χ4n) is 4.02. The zero-order chi connectivity index (χ0) is 34.1. The van der Waals surface area contributed by atoms with Crippen LogP contribution in [0.1, 0.15) is 77.6 Å². The van der Waals surface area contributed by atoms with E-state index in [0.717, 1.165) is 13.0 Å². The molecule has 1 unspecified atom stereocenters. The van der Waals surface area contributed by atoms with Crippen LogP contribution in [0, 0.1) is 0 Å². The summed E-state index contributed by atoms with van der Waals surface area (Å²) in [6.07, 6.45) is 12.4. The maximum absolute atomic E-state index is 11.4. The standard InChI is InChI=1S/C34H68O13/c1-2-3-4-5-6-7-8-9-10-11-13-38-15-17-40-19-21-42-23-25-44-27-29-46-30-28-45-26-24-43-22-20-41-18-16-39-14-12-34(37)47-32-33(36)31-35/h33,35-36H,2-32H2,1H3. The van der Waals surface area contributed by atoms with E-state index in [4.69, 9.17) is 57.6 Å². The number of aliphatic hydroxyl groups is 2. The second kappa shape index (κ2) is 41.2. The maximum atomic E-state index is 11.4. The molecule has 0 bridgehead atoms. The highest BCUT2D eigenvalue weighted by Gasteiger charge is 2.07. The summed E-state index contributed by atoms with van der Waals surface area (Å²) in [5.41, 5.74) is 0. The van der Waals surface area contributed by atoms with Crippen LogP contribution in [0.25, 0.3) is 0 Å². The van der Waals surface area contributed by atoms with E-state index in [2.05, 4.69) is 6.92 Å². The summed E-state index contributed by atoms with van der Waals surface area (Å²) in [7, 11) is 0. The summed E-state index contributed by atoms with van der Waals surface area (Å²) < 4.78 is 54.0. The molecule has 0 aromatic carbocycles. The van der Waals surface area contributed by atoms with Crippen LogP contribution in [0.3, 0.4) is 0 Å². The molecule has 0 saturated carbocycles. The zero-order valence-corrected chi connectivity index (χ0v) is 29.4. The smallest absolute Gasteiger partial charge is 0.308 e. The minimum atomic E-state index is -1.05. The Labute approximate surface area is 284 Å². The summed E-state index contributed by atoms with van der Waals surface area (Å²) in [5.74, 6) is -0.491. The number of esters is 1. The third-order valence-corrected chi connectivity index (χ3v) is 6.72. The Morgan fingerprint density at radius 3 is 1.09 bits per heavy atom. The minimum absolute atomic E-state index is 0.0723. The van der Waals surface area contributed by atoms with E-state index in [0.29, 0.717) is 106 Å². The van der Waals surface area contributed by atoms with Crippen LogP contribution in [0.5, 0.6) is 0 Å². The third-order valence-electron chi connectivity index (χ3n) is 6.72. The Bertz CT molecular complexity index is 600. The van der Waals surface area contributed by atoms with Crippen LogP contribution in [0.2, 0.25) is 0 Å². The number of unbranched alkanes of at least 4 members (excludes halogenated alkanes) is 9. The number of carbonyl (C=O) groups excluding carboxylic acids is 1. The molecular weight excluding hydrogens is 616 g/mol. The van der Waals surface area contributed by atoms with Crippen molar-refractivity contribution in [2.75, 3.05) is 132 Å². The van der Waals surface area contributed by atoms with Crippen molar-refractivity contribution < 1.29 is 62.4 Å². The van der Waals surface area contributed by atoms with Gasteiger partial charge in [0.2, 0.25) is 0 Å². The van der Waals surface area contributed by atoms with E-state index < -0.39 is 18.7 Å². The van der Waals surface area contributed by atoms with Crippen molar-refractivity contribution in [1.82, 2.24) is 0 Å². The lowest BCUT2D eigenvalue weighted by atomic mass is 10.1. The summed E-state index contributed by atoms with van der Waals surface area (Å²) in [6.45, 7) is 10.5. The van der Waals surface area contributed by atoms with E-state index in [1.165, 1.54) is 57.8 Å². The van der Waals surface area contributed by atoms with Crippen molar-refractivity contribution in [3.63, 3.8) is 0 Å². The first-order valence-corrected chi connectivity index (χ1v) is 17.8.